The molecule has 0 aliphatic carbocycles. The van der Waals surface area contributed by atoms with E-state index >= 15 is 0 Å². The number of hydrogen-bond acceptors (Lipinski definition) is 5. The molecule has 0 spiro atoms. The van der Waals surface area contributed by atoms with Crippen LogP contribution in [0.25, 0.3) is 0 Å². The number of aromatic nitrogens is 2. The van der Waals surface area contributed by atoms with E-state index in [0.29, 0.717) is 29.3 Å². The molecule has 18 heavy (non-hydrogen) atoms. The molecular weight excluding hydrogens is 252 g/mol. The second kappa shape index (κ2) is 6.58. The summed E-state index contributed by atoms with van der Waals surface area (Å²) in [7, 11) is 1.35. The number of rotatable bonds is 5. The summed E-state index contributed by atoms with van der Waals surface area (Å²) in [4.78, 5) is 30.3. The number of esters is 1. The van der Waals surface area contributed by atoms with Crippen molar-refractivity contribution >= 4 is 17.7 Å². The van der Waals surface area contributed by atoms with Gasteiger partial charge in [0.2, 0.25) is 0 Å². The van der Waals surface area contributed by atoms with Gasteiger partial charge in [0, 0.05) is 11.3 Å². The Kier molecular flexibility index (Phi) is 5.40. The van der Waals surface area contributed by atoms with Crippen LogP contribution in [-0.4, -0.2) is 28.3 Å². The van der Waals surface area contributed by atoms with Gasteiger partial charge in [0.1, 0.15) is 5.25 Å². The zero-order valence-electron chi connectivity index (χ0n) is 11.1. The maximum Gasteiger partial charge on any atom is 0.319 e. The molecule has 0 amide bonds. The Morgan fingerprint density at radius 2 is 2.17 bits per heavy atom. The Morgan fingerprint density at radius 1 is 1.50 bits per heavy atom. The van der Waals surface area contributed by atoms with Crippen LogP contribution in [0.5, 0.6) is 0 Å². The molecule has 1 aromatic heterocycles. The highest BCUT2D eigenvalue weighted by atomic mass is 32.2. The molecule has 1 rings (SSSR count). The first-order chi connectivity index (χ1) is 8.53. The van der Waals surface area contributed by atoms with E-state index in [1.807, 2.05) is 13.8 Å². The highest BCUT2D eigenvalue weighted by Gasteiger charge is 2.20. The Labute approximate surface area is 110 Å². The molecule has 5 nitrogen and oxygen atoms in total. The van der Waals surface area contributed by atoms with Gasteiger partial charge in [-0.1, -0.05) is 25.6 Å². The van der Waals surface area contributed by atoms with Gasteiger partial charge >= 0.3 is 5.97 Å². The molecule has 0 saturated carbocycles. The fourth-order valence-electron chi connectivity index (χ4n) is 1.62. The topological polar surface area (TPSA) is 72.0 Å². The number of hydrogen-bond donors (Lipinski definition) is 1. The van der Waals surface area contributed by atoms with Gasteiger partial charge in [0.25, 0.3) is 5.56 Å². The lowest BCUT2D eigenvalue weighted by atomic mass is 10.2. The predicted molar refractivity (Wildman–Crippen MR) is 70.9 cm³/mol. The summed E-state index contributed by atoms with van der Waals surface area (Å²) in [5, 5.41) is 0.122. The molecule has 0 fully saturated rings. The van der Waals surface area contributed by atoms with Crippen molar-refractivity contribution in [2.45, 2.75) is 44.0 Å². The number of ether oxygens (including phenoxy) is 1. The number of aromatic amines is 1. The van der Waals surface area contributed by atoms with Gasteiger partial charge in [-0.25, -0.2) is 4.98 Å². The van der Waals surface area contributed by atoms with Crippen molar-refractivity contribution in [3.63, 3.8) is 0 Å². The number of aryl methyl sites for hydroxylation is 1. The van der Waals surface area contributed by atoms with Gasteiger partial charge in [0.05, 0.1) is 7.11 Å². The minimum atomic E-state index is -0.343. The quantitative estimate of drug-likeness (QED) is 0.501. The van der Waals surface area contributed by atoms with Crippen molar-refractivity contribution in [1.29, 1.82) is 0 Å². The van der Waals surface area contributed by atoms with Gasteiger partial charge < -0.3 is 9.72 Å². The van der Waals surface area contributed by atoms with Gasteiger partial charge in [0.15, 0.2) is 5.16 Å². The summed E-state index contributed by atoms with van der Waals surface area (Å²) in [6, 6.07) is 0. The molecule has 1 N–H and O–H groups in total. The van der Waals surface area contributed by atoms with Crippen LogP contribution in [0.4, 0.5) is 0 Å². The van der Waals surface area contributed by atoms with E-state index in [1.165, 1.54) is 18.9 Å². The fraction of sp³-hybridized carbons (Fsp3) is 0.583. The molecule has 0 radical (unpaired) electrons. The first kappa shape index (κ1) is 14.8. The molecular formula is C12H18N2O3S. The molecule has 0 aromatic carbocycles. The number of carbonyl (C=O) groups excluding carboxylic acids is 1. The van der Waals surface area contributed by atoms with E-state index in [4.69, 9.17) is 4.74 Å². The number of H-pyrrole nitrogens is 1. The van der Waals surface area contributed by atoms with E-state index in [1.54, 1.807) is 6.92 Å². The molecule has 6 heteroatoms. The van der Waals surface area contributed by atoms with Crippen molar-refractivity contribution in [2.75, 3.05) is 7.11 Å². The van der Waals surface area contributed by atoms with E-state index in [-0.39, 0.29) is 16.8 Å². The normalized spacial score (nSPS) is 12.2. The van der Waals surface area contributed by atoms with Crippen LogP contribution in [0.3, 0.4) is 0 Å². The zero-order chi connectivity index (χ0) is 13.7. The largest absolute Gasteiger partial charge is 0.468 e. The number of nitrogens with one attached hydrogen (secondary N) is 1. The SMILES string of the molecule is CCc1c(C)nc(S[C@@H](CC)C(=O)OC)[nH]c1=O. The van der Waals surface area contributed by atoms with Crippen molar-refractivity contribution in [3.8, 4) is 0 Å². The zero-order valence-corrected chi connectivity index (χ0v) is 11.9. The summed E-state index contributed by atoms with van der Waals surface area (Å²) in [6.07, 6.45) is 1.27. The summed E-state index contributed by atoms with van der Waals surface area (Å²) < 4.78 is 4.70. The average molecular weight is 270 g/mol. The Hall–Kier alpha value is -1.30. The maximum absolute atomic E-state index is 11.8. The first-order valence-corrected chi connectivity index (χ1v) is 6.75. The van der Waals surface area contributed by atoms with E-state index in [0.717, 1.165) is 0 Å². The van der Waals surface area contributed by atoms with E-state index in [9.17, 15) is 9.59 Å². The average Bonchev–Trinajstić information content (AvgIpc) is 2.34. The van der Waals surface area contributed by atoms with E-state index < -0.39 is 0 Å². The van der Waals surface area contributed by atoms with Gasteiger partial charge in [-0.05, 0) is 19.8 Å². The summed E-state index contributed by atoms with van der Waals surface area (Å²) in [5.41, 5.74) is 1.26. The first-order valence-electron chi connectivity index (χ1n) is 5.87. The van der Waals surface area contributed by atoms with Crippen molar-refractivity contribution in [3.05, 3.63) is 21.6 Å². The third-order valence-corrected chi connectivity index (χ3v) is 3.87. The second-order valence-electron chi connectivity index (χ2n) is 3.83. The molecule has 100 valence electrons. The summed E-state index contributed by atoms with van der Waals surface area (Å²) >= 11 is 1.23. The minimum absolute atomic E-state index is 0.132. The highest BCUT2D eigenvalue weighted by molar-refractivity contribution is 8.00. The number of thioether (sulfide) groups is 1. The van der Waals surface area contributed by atoms with Crippen LogP contribution < -0.4 is 5.56 Å². The Morgan fingerprint density at radius 3 is 2.61 bits per heavy atom. The molecule has 1 aromatic rings. The summed E-state index contributed by atoms with van der Waals surface area (Å²) in [6.45, 7) is 5.60. The standard InChI is InChI=1S/C12H18N2O3S/c1-5-8-7(3)13-12(14-10(8)15)18-9(6-2)11(16)17-4/h9H,5-6H2,1-4H3,(H,13,14,15)/t9-/m0/s1. The van der Waals surface area contributed by atoms with E-state index in [2.05, 4.69) is 9.97 Å². The molecule has 0 saturated heterocycles. The molecule has 1 atom stereocenters. The number of methoxy groups -OCH3 is 1. The van der Waals surface area contributed by atoms with Gasteiger partial charge in [-0.2, -0.15) is 0 Å². The van der Waals surface area contributed by atoms with Crippen molar-refractivity contribution in [2.24, 2.45) is 0 Å². The molecule has 1 heterocycles. The van der Waals surface area contributed by atoms with Crippen molar-refractivity contribution in [1.82, 2.24) is 9.97 Å². The minimum Gasteiger partial charge on any atom is -0.468 e. The van der Waals surface area contributed by atoms with Gasteiger partial charge in [-0.3, -0.25) is 9.59 Å². The van der Waals surface area contributed by atoms with Crippen LogP contribution in [0.2, 0.25) is 0 Å². The van der Waals surface area contributed by atoms with Crippen LogP contribution >= 0.6 is 11.8 Å². The molecule has 0 aliphatic rings. The predicted octanol–water partition coefficient (Wildman–Crippen LogP) is 1.68. The number of carbonyl (C=O) groups is 1. The fourth-order valence-corrected chi connectivity index (χ4v) is 2.59. The van der Waals surface area contributed by atoms with Crippen LogP contribution in [0.15, 0.2) is 9.95 Å². The number of nitrogens with zero attached hydrogens (tertiary/aromatic N) is 1. The third-order valence-electron chi connectivity index (χ3n) is 2.64. The highest BCUT2D eigenvalue weighted by Crippen LogP contribution is 2.22. The molecule has 0 unspecified atom stereocenters. The lowest BCUT2D eigenvalue weighted by Crippen LogP contribution is -2.21. The summed E-state index contributed by atoms with van der Waals surface area (Å²) in [5.74, 6) is -0.303. The van der Waals surface area contributed by atoms with Crippen LogP contribution in [-0.2, 0) is 16.0 Å². The van der Waals surface area contributed by atoms with Crippen LogP contribution in [0.1, 0.15) is 31.5 Å². The maximum atomic E-state index is 11.8. The molecule has 0 aliphatic heterocycles. The third kappa shape index (κ3) is 3.35. The smallest absolute Gasteiger partial charge is 0.319 e. The van der Waals surface area contributed by atoms with Gasteiger partial charge in [-0.15, -0.1) is 0 Å². The lowest BCUT2D eigenvalue weighted by Gasteiger charge is -2.11. The Balaban J connectivity index is 2.98. The van der Waals surface area contributed by atoms with Crippen LogP contribution in [0, 0.1) is 6.92 Å². The second-order valence-corrected chi connectivity index (χ2v) is 5.02. The lowest BCUT2D eigenvalue weighted by molar-refractivity contribution is -0.140. The van der Waals surface area contributed by atoms with Crippen molar-refractivity contribution < 1.29 is 9.53 Å². The monoisotopic (exact) mass is 270 g/mol. The molecule has 0 bridgehead atoms. The Bertz CT molecular complexity index is 485.